The topological polar surface area (TPSA) is 92.8 Å². The fraction of sp³-hybridized carbons (Fsp3) is 0.500. The number of methoxy groups -OCH3 is 1. The van der Waals surface area contributed by atoms with E-state index in [1.165, 1.54) is 25.3 Å². The fourth-order valence-corrected chi connectivity index (χ4v) is 3.98. The molecule has 1 atom stereocenters. The van der Waals surface area contributed by atoms with Crippen molar-refractivity contribution in [1.29, 1.82) is 0 Å². The van der Waals surface area contributed by atoms with Crippen molar-refractivity contribution in [1.82, 2.24) is 4.72 Å². The number of imide groups is 1. The van der Waals surface area contributed by atoms with Crippen molar-refractivity contribution in [3.8, 4) is 5.75 Å². The van der Waals surface area contributed by atoms with E-state index in [0.29, 0.717) is 6.42 Å². The highest BCUT2D eigenvalue weighted by molar-refractivity contribution is 7.89. The summed E-state index contributed by atoms with van der Waals surface area (Å²) in [5.41, 5.74) is 0.163. The Morgan fingerprint density at radius 2 is 1.88 bits per heavy atom. The zero-order valence-corrected chi connectivity index (χ0v) is 14.9. The quantitative estimate of drug-likeness (QED) is 0.754. The van der Waals surface area contributed by atoms with E-state index in [1.807, 2.05) is 6.92 Å². The highest BCUT2D eigenvalue weighted by Gasteiger charge is 2.33. The van der Waals surface area contributed by atoms with E-state index in [1.54, 1.807) is 6.92 Å². The Morgan fingerprint density at radius 3 is 2.42 bits per heavy atom. The number of amides is 2. The number of nitrogens with zero attached hydrogens (tertiary/aromatic N) is 1. The number of carbonyl (C=O) groups is 2. The number of rotatable bonds is 7. The summed E-state index contributed by atoms with van der Waals surface area (Å²) >= 11 is 0. The summed E-state index contributed by atoms with van der Waals surface area (Å²) in [7, 11) is -2.35. The van der Waals surface area contributed by atoms with Crippen molar-refractivity contribution >= 4 is 27.5 Å². The maximum atomic E-state index is 12.5. The van der Waals surface area contributed by atoms with Crippen molar-refractivity contribution in [3.63, 3.8) is 0 Å². The number of sulfonamides is 1. The molecule has 0 unspecified atom stereocenters. The van der Waals surface area contributed by atoms with E-state index in [4.69, 9.17) is 4.74 Å². The van der Waals surface area contributed by atoms with Gasteiger partial charge in [0.15, 0.2) is 0 Å². The maximum Gasteiger partial charge on any atom is 0.240 e. The third kappa shape index (κ3) is 3.76. The molecule has 1 heterocycles. The van der Waals surface area contributed by atoms with E-state index >= 15 is 0 Å². The number of nitrogens with one attached hydrogen (secondary N) is 1. The number of anilines is 1. The molecule has 7 nitrogen and oxygen atoms in total. The number of hydrogen-bond donors (Lipinski definition) is 1. The van der Waals surface area contributed by atoms with Gasteiger partial charge in [-0.1, -0.05) is 13.3 Å². The minimum absolute atomic E-state index is 0.00578. The smallest absolute Gasteiger partial charge is 0.240 e. The minimum Gasteiger partial charge on any atom is -0.495 e. The van der Waals surface area contributed by atoms with Crippen LogP contribution in [0.5, 0.6) is 5.75 Å². The zero-order valence-electron chi connectivity index (χ0n) is 14.0. The first-order valence-corrected chi connectivity index (χ1v) is 9.34. The Hall–Kier alpha value is -1.93. The van der Waals surface area contributed by atoms with Gasteiger partial charge in [-0.3, -0.25) is 9.59 Å². The molecule has 1 aliphatic rings. The summed E-state index contributed by atoms with van der Waals surface area (Å²) in [4.78, 5) is 24.9. The van der Waals surface area contributed by atoms with Gasteiger partial charge in [0.25, 0.3) is 0 Å². The van der Waals surface area contributed by atoms with Gasteiger partial charge in [-0.05, 0) is 31.5 Å². The van der Waals surface area contributed by atoms with Gasteiger partial charge in [-0.25, -0.2) is 18.0 Å². The third-order valence-corrected chi connectivity index (χ3v) is 5.42. The fourth-order valence-electron chi connectivity index (χ4n) is 2.68. The molecule has 0 saturated carbocycles. The van der Waals surface area contributed by atoms with Gasteiger partial charge in [-0.15, -0.1) is 0 Å². The number of benzene rings is 1. The lowest BCUT2D eigenvalue weighted by molar-refractivity contribution is -0.121. The van der Waals surface area contributed by atoms with Gasteiger partial charge in [-0.2, -0.15) is 0 Å². The summed E-state index contributed by atoms with van der Waals surface area (Å²) in [6, 6.07) is 3.95. The second-order valence-electron chi connectivity index (χ2n) is 5.77. The largest absolute Gasteiger partial charge is 0.495 e. The van der Waals surface area contributed by atoms with Crippen LogP contribution in [0.2, 0.25) is 0 Å². The lowest BCUT2D eigenvalue weighted by atomic mass is 10.2. The molecule has 8 heteroatoms. The van der Waals surface area contributed by atoms with Crippen LogP contribution in [-0.4, -0.2) is 33.4 Å². The number of carbonyl (C=O) groups excluding carboxylic acids is 2. The first kappa shape index (κ1) is 18.4. The average molecular weight is 354 g/mol. The first-order valence-electron chi connectivity index (χ1n) is 7.86. The Bertz CT molecular complexity index is 729. The lowest BCUT2D eigenvalue weighted by Gasteiger charge is -2.19. The van der Waals surface area contributed by atoms with Crippen molar-refractivity contribution in [2.75, 3.05) is 12.0 Å². The molecular weight excluding hydrogens is 332 g/mol. The molecular formula is C16H22N2O5S. The Kier molecular flexibility index (Phi) is 5.61. The molecule has 0 aliphatic carbocycles. The van der Waals surface area contributed by atoms with Crippen LogP contribution in [0.1, 0.15) is 39.5 Å². The molecule has 132 valence electrons. The van der Waals surface area contributed by atoms with E-state index in [2.05, 4.69) is 4.72 Å². The second-order valence-corrected chi connectivity index (χ2v) is 7.48. The minimum atomic E-state index is -3.75. The van der Waals surface area contributed by atoms with Crippen molar-refractivity contribution in [2.45, 2.75) is 50.5 Å². The Labute approximate surface area is 142 Å². The maximum absolute atomic E-state index is 12.5. The summed E-state index contributed by atoms with van der Waals surface area (Å²) < 4.78 is 32.8. The predicted molar refractivity (Wildman–Crippen MR) is 89.4 cm³/mol. The van der Waals surface area contributed by atoms with Crippen LogP contribution >= 0.6 is 0 Å². The second kappa shape index (κ2) is 7.31. The normalized spacial score (nSPS) is 16.5. The highest BCUT2D eigenvalue weighted by atomic mass is 32.2. The molecule has 0 radical (unpaired) electrons. The molecule has 1 aliphatic heterocycles. The molecule has 2 amide bonds. The van der Waals surface area contributed by atoms with Crippen LogP contribution in [0, 0.1) is 0 Å². The van der Waals surface area contributed by atoms with Crippen molar-refractivity contribution < 1.29 is 22.7 Å². The standard InChI is InChI=1S/C16H22N2O5S/c1-4-5-11(2)17-24(21,22)12-6-7-14(23-3)13(10-12)18-15(19)8-9-16(18)20/h6-7,10-11,17H,4-5,8-9H2,1-3H3/t11-/m0/s1. The van der Waals surface area contributed by atoms with Crippen molar-refractivity contribution in [3.05, 3.63) is 18.2 Å². The molecule has 1 aromatic rings. The molecule has 1 saturated heterocycles. The van der Waals surface area contributed by atoms with Crippen LogP contribution in [0.3, 0.4) is 0 Å². The predicted octanol–water partition coefficient (Wildman–Crippen LogP) is 1.82. The van der Waals surface area contributed by atoms with E-state index in [9.17, 15) is 18.0 Å². The molecule has 0 bridgehead atoms. The molecule has 0 spiro atoms. The Morgan fingerprint density at radius 1 is 1.25 bits per heavy atom. The Balaban J connectivity index is 2.42. The SMILES string of the molecule is CCC[C@H](C)NS(=O)(=O)c1ccc(OC)c(N2C(=O)CCC2=O)c1. The van der Waals surface area contributed by atoms with E-state index in [0.717, 1.165) is 11.3 Å². The van der Waals surface area contributed by atoms with Gasteiger partial charge >= 0.3 is 0 Å². The lowest BCUT2D eigenvalue weighted by Crippen LogP contribution is -2.33. The molecule has 0 aromatic heterocycles. The monoisotopic (exact) mass is 354 g/mol. The molecule has 1 fully saturated rings. The number of hydrogen-bond acceptors (Lipinski definition) is 5. The molecule has 1 aromatic carbocycles. The van der Waals surface area contributed by atoms with Gasteiger partial charge in [0.05, 0.1) is 17.7 Å². The first-order chi connectivity index (χ1) is 11.3. The van der Waals surface area contributed by atoms with Crippen LogP contribution in [0.15, 0.2) is 23.1 Å². The molecule has 24 heavy (non-hydrogen) atoms. The summed E-state index contributed by atoms with van der Waals surface area (Å²) in [6.45, 7) is 3.76. The van der Waals surface area contributed by atoms with Gasteiger partial charge in [0.2, 0.25) is 21.8 Å². The van der Waals surface area contributed by atoms with E-state index < -0.39 is 10.0 Å². The van der Waals surface area contributed by atoms with Crippen LogP contribution < -0.4 is 14.4 Å². The number of ether oxygens (including phenoxy) is 1. The molecule has 2 rings (SSSR count). The van der Waals surface area contributed by atoms with Crippen LogP contribution in [0.25, 0.3) is 0 Å². The highest BCUT2D eigenvalue weighted by Crippen LogP contribution is 2.34. The average Bonchev–Trinajstić information content (AvgIpc) is 2.85. The summed E-state index contributed by atoms with van der Waals surface area (Å²) in [5, 5.41) is 0. The van der Waals surface area contributed by atoms with Gasteiger partial charge < -0.3 is 4.74 Å². The summed E-state index contributed by atoms with van der Waals surface area (Å²) in [5.74, 6) is -0.445. The van der Waals surface area contributed by atoms with Crippen molar-refractivity contribution in [2.24, 2.45) is 0 Å². The van der Waals surface area contributed by atoms with Crippen LogP contribution in [0.4, 0.5) is 5.69 Å². The third-order valence-electron chi connectivity index (χ3n) is 3.83. The van der Waals surface area contributed by atoms with Gasteiger partial charge in [0.1, 0.15) is 5.75 Å². The summed E-state index contributed by atoms with van der Waals surface area (Å²) in [6.07, 6.45) is 1.80. The zero-order chi connectivity index (χ0) is 17.9. The van der Waals surface area contributed by atoms with Gasteiger partial charge in [0, 0.05) is 18.9 Å². The van der Waals surface area contributed by atoms with Crippen LogP contribution in [-0.2, 0) is 19.6 Å². The van der Waals surface area contributed by atoms with E-state index in [-0.39, 0.29) is 47.0 Å². The molecule has 1 N–H and O–H groups in total.